The molecule has 0 aromatic rings. The van der Waals surface area contributed by atoms with Crippen LogP contribution in [0.4, 0.5) is 0 Å². The maximum absolute atomic E-state index is 8.88. The van der Waals surface area contributed by atoms with E-state index >= 15 is 0 Å². The van der Waals surface area contributed by atoms with E-state index in [1.54, 1.807) is 0 Å². The summed E-state index contributed by atoms with van der Waals surface area (Å²) in [6.45, 7) is -0.458. The molecular formula is C9H15O7P. The van der Waals surface area contributed by atoms with Gasteiger partial charge in [-0.3, -0.25) is 0 Å². The molecule has 0 aromatic heterocycles. The van der Waals surface area contributed by atoms with Crippen molar-refractivity contribution >= 4 is 7.82 Å². The number of aliphatic hydroxyl groups excluding tert-OH is 3. The van der Waals surface area contributed by atoms with Gasteiger partial charge in [-0.1, -0.05) is 17.8 Å². The number of terminal acetylenes is 3. The van der Waals surface area contributed by atoms with Crippen molar-refractivity contribution in [3.63, 3.8) is 0 Å². The first-order valence-electron chi connectivity index (χ1n) is 3.66. The summed E-state index contributed by atoms with van der Waals surface area (Å²) < 4.78 is 8.88. The molecule has 0 unspecified atom stereocenters. The van der Waals surface area contributed by atoms with Crippen molar-refractivity contribution in [2.45, 2.75) is 0 Å². The van der Waals surface area contributed by atoms with Crippen molar-refractivity contribution in [2.24, 2.45) is 0 Å². The van der Waals surface area contributed by atoms with Crippen molar-refractivity contribution in [3.8, 4) is 37.0 Å². The van der Waals surface area contributed by atoms with Crippen LogP contribution in [0.5, 0.6) is 0 Å². The largest absolute Gasteiger partial charge is 0.466 e. The van der Waals surface area contributed by atoms with Crippen molar-refractivity contribution in [2.75, 3.05) is 19.8 Å². The molecule has 17 heavy (non-hydrogen) atoms. The molecule has 0 heterocycles. The summed E-state index contributed by atoms with van der Waals surface area (Å²) in [7, 11) is -4.64. The van der Waals surface area contributed by atoms with Crippen molar-refractivity contribution in [3.05, 3.63) is 0 Å². The highest BCUT2D eigenvalue weighted by Crippen LogP contribution is 2.25. The molecule has 0 amide bonds. The molecule has 8 heteroatoms. The van der Waals surface area contributed by atoms with Gasteiger partial charge in [-0.25, -0.2) is 4.57 Å². The molecule has 7 nitrogen and oxygen atoms in total. The predicted octanol–water partition coefficient (Wildman–Crippen LogP) is -2.09. The van der Waals surface area contributed by atoms with Crippen LogP contribution in [0.3, 0.4) is 0 Å². The van der Waals surface area contributed by atoms with Crippen LogP contribution in [0, 0.1) is 37.0 Å². The van der Waals surface area contributed by atoms with Crippen LogP contribution in [-0.4, -0.2) is 49.8 Å². The lowest BCUT2D eigenvalue weighted by Gasteiger charge is -1.82. The summed E-state index contributed by atoms with van der Waals surface area (Å²) in [5.74, 6) is 5.96. The molecule has 0 aliphatic heterocycles. The van der Waals surface area contributed by atoms with Crippen molar-refractivity contribution in [1.82, 2.24) is 0 Å². The highest BCUT2D eigenvalue weighted by Gasteiger charge is 2.00. The molecule has 0 aromatic carbocycles. The Kier molecular flexibility index (Phi) is 35.1. The zero-order valence-corrected chi connectivity index (χ0v) is 9.79. The van der Waals surface area contributed by atoms with Crippen LogP contribution in [0.15, 0.2) is 0 Å². The second kappa shape index (κ2) is 24.1. The van der Waals surface area contributed by atoms with E-state index in [2.05, 4.69) is 19.3 Å². The van der Waals surface area contributed by atoms with E-state index < -0.39 is 7.82 Å². The monoisotopic (exact) mass is 266 g/mol. The van der Waals surface area contributed by atoms with Gasteiger partial charge in [-0.05, 0) is 0 Å². The summed E-state index contributed by atoms with van der Waals surface area (Å²) in [5.41, 5.74) is 0. The average molecular weight is 266 g/mol. The minimum Gasteiger partial charge on any atom is -0.384 e. The molecule has 0 fully saturated rings. The Hall–Kier alpha value is -1.33. The number of hydrogen-bond donors (Lipinski definition) is 6. The molecule has 0 aliphatic rings. The van der Waals surface area contributed by atoms with Gasteiger partial charge in [0, 0.05) is 0 Å². The second-order valence-corrected chi connectivity index (χ2v) is 2.63. The first kappa shape index (κ1) is 24.8. The van der Waals surface area contributed by atoms with Gasteiger partial charge < -0.3 is 30.0 Å². The Labute approximate surface area is 100.0 Å². The lowest BCUT2D eigenvalue weighted by atomic mass is 10.8. The topological polar surface area (TPSA) is 138 Å². The van der Waals surface area contributed by atoms with Gasteiger partial charge in [-0.15, -0.1) is 19.3 Å². The van der Waals surface area contributed by atoms with Crippen LogP contribution >= 0.6 is 7.82 Å². The Balaban J connectivity index is -0.0000000667. The van der Waals surface area contributed by atoms with Gasteiger partial charge in [0.25, 0.3) is 0 Å². The molecule has 0 aliphatic carbocycles. The first-order valence-corrected chi connectivity index (χ1v) is 5.22. The third-order valence-electron chi connectivity index (χ3n) is 0.274. The van der Waals surface area contributed by atoms with E-state index in [1.165, 1.54) is 0 Å². The fourth-order valence-corrected chi connectivity index (χ4v) is 0. The smallest absolute Gasteiger partial charge is 0.384 e. The molecule has 0 spiro atoms. The lowest BCUT2D eigenvalue weighted by molar-refractivity contribution is 0.275. The van der Waals surface area contributed by atoms with E-state index in [0.29, 0.717) is 0 Å². The minimum absolute atomic E-state index is 0.153. The summed E-state index contributed by atoms with van der Waals surface area (Å²) in [4.78, 5) is 21.6. The Morgan fingerprint density at radius 2 is 0.824 bits per heavy atom. The highest BCUT2D eigenvalue weighted by atomic mass is 31.2. The van der Waals surface area contributed by atoms with Crippen LogP contribution < -0.4 is 0 Å². The normalized spacial score (nSPS) is 7.00. The average Bonchev–Trinajstić information content (AvgIpc) is 2.27. The summed E-state index contributed by atoms with van der Waals surface area (Å²) in [5, 5.41) is 22.9. The van der Waals surface area contributed by atoms with Gasteiger partial charge in [-0.2, -0.15) is 0 Å². The third-order valence-corrected chi connectivity index (χ3v) is 0.274. The zero-order chi connectivity index (χ0) is 14.7. The van der Waals surface area contributed by atoms with E-state index in [1.807, 2.05) is 17.8 Å². The van der Waals surface area contributed by atoms with E-state index in [0.717, 1.165) is 0 Å². The predicted molar refractivity (Wildman–Crippen MR) is 62.0 cm³/mol. The van der Waals surface area contributed by atoms with Crippen LogP contribution in [0.25, 0.3) is 0 Å². The maximum Gasteiger partial charge on any atom is 0.466 e. The minimum atomic E-state index is -4.64. The number of rotatable bonds is 0. The van der Waals surface area contributed by atoms with Crippen LogP contribution in [0.1, 0.15) is 0 Å². The molecule has 0 rings (SSSR count). The molecule has 6 N–H and O–H groups in total. The SMILES string of the molecule is C#CCO.C#CCO.C#CCO.O=P(O)(O)O. The number of phosphoric acid groups is 1. The molecule has 98 valence electrons. The Morgan fingerprint density at radius 1 is 0.765 bits per heavy atom. The summed E-state index contributed by atoms with van der Waals surface area (Å²) >= 11 is 0. The van der Waals surface area contributed by atoms with E-state index in [9.17, 15) is 0 Å². The molecule has 0 bridgehead atoms. The summed E-state index contributed by atoms with van der Waals surface area (Å²) in [6, 6.07) is 0. The van der Waals surface area contributed by atoms with Crippen LogP contribution in [-0.2, 0) is 4.57 Å². The van der Waals surface area contributed by atoms with Crippen LogP contribution in [0.2, 0.25) is 0 Å². The molecule has 0 radical (unpaired) electrons. The maximum atomic E-state index is 8.88. The zero-order valence-electron chi connectivity index (χ0n) is 8.89. The Morgan fingerprint density at radius 3 is 0.824 bits per heavy atom. The van der Waals surface area contributed by atoms with Crippen molar-refractivity contribution in [1.29, 1.82) is 0 Å². The van der Waals surface area contributed by atoms with Gasteiger partial charge in [0.1, 0.15) is 19.8 Å². The summed E-state index contributed by atoms with van der Waals surface area (Å²) in [6.07, 6.45) is 13.6. The Bertz CT molecular complexity index is 246. The highest BCUT2D eigenvalue weighted by molar-refractivity contribution is 7.45. The van der Waals surface area contributed by atoms with Gasteiger partial charge in [0.05, 0.1) is 0 Å². The van der Waals surface area contributed by atoms with Crippen molar-refractivity contribution < 1.29 is 34.6 Å². The molecule has 0 saturated heterocycles. The standard InChI is InChI=1S/3C3H4O.H3O4P/c3*1-2-3-4;1-5(2,3)4/h3*1,4H,3H2;(H3,1,2,3,4). The number of hydrogen-bond acceptors (Lipinski definition) is 4. The lowest BCUT2D eigenvalue weighted by Crippen LogP contribution is -1.66. The molecule has 0 saturated carbocycles. The number of aliphatic hydroxyl groups is 3. The molecular weight excluding hydrogens is 251 g/mol. The van der Waals surface area contributed by atoms with Gasteiger partial charge in [0.15, 0.2) is 0 Å². The van der Waals surface area contributed by atoms with E-state index in [-0.39, 0.29) is 19.8 Å². The van der Waals surface area contributed by atoms with E-state index in [4.69, 9.17) is 34.6 Å². The fourth-order valence-electron chi connectivity index (χ4n) is 0. The third kappa shape index (κ3) is 844. The quantitative estimate of drug-likeness (QED) is 0.218. The second-order valence-electron chi connectivity index (χ2n) is 1.60. The van der Waals surface area contributed by atoms with Gasteiger partial charge in [0.2, 0.25) is 0 Å². The van der Waals surface area contributed by atoms with Gasteiger partial charge >= 0.3 is 7.82 Å². The first-order chi connectivity index (χ1) is 7.74. The molecule has 0 atom stereocenters. The fraction of sp³-hybridized carbons (Fsp3) is 0.333.